The van der Waals surface area contributed by atoms with E-state index in [2.05, 4.69) is 5.43 Å². The van der Waals surface area contributed by atoms with Gasteiger partial charge in [0.15, 0.2) is 0 Å². The van der Waals surface area contributed by atoms with Gasteiger partial charge in [0.1, 0.15) is 17.3 Å². The number of amides is 1. The molecule has 20 heavy (non-hydrogen) atoms. The van der Waals surface area contributed by atoms with E-state index < -0.39 is 0 Å². The number of thioether (sulfide) groups is 1. The highest BCUT2D eigenvalue weighted by molar-refractivity contribution is 7.98. The van der Waals surface area contributed by atoms with E-state index in [4.69, 9.17) is 15.0 Å². The lowest BCUT2D eigenvalue weighted by molar-refractivity contribution is 0.0952. The van der Waals surface area contributed by atoms with Crippen molar-refractivity contribution in [1.82, 2.24) is 5.43 Å². The maximum absolute atomic E-state index is 11.5. The average molecular weight is 292 g/mol. The zero-order chi connectivity index (χ0) is 14.5. The second-order valence-electron chi connectivity index (χ2n) is 4.10. The molecule has 0 spiro atoms. The van der Waals surface area contributed by atoms with Crippen LogP contribution in [0.5, 0.6) is 5.75 Å². The number of nitrogen functional groups attached to an aromatic ring is 1. The fourth-order valence-electron chi connectivity index (χ4n) is 1.80. The van der Waals surface area contributed by atoms with Gasteiger partial charge >= 0.3 is 0 Å². The topological polar surface area (TPSA) is 77.5 Å². The fourth-order valence-corrected chi connectivity index (χ4v) is 2.71. The first-order valence-electron chi connectivity index (χ1n) is 6.01. The minimum absolute atomic E-state index is 0.347. The Labute approximate surface area is 121 Å². The number of nitrogens with two attached hydrogens (primary N) is 1. The standard InChI is InChI=1S/C14H16N2O3S/c1-9-11(14(17)16-15)7-10(19-9)8-20-13-6-4-3-5-12(13)18-2/h3-7H,8,15H2,1-2H3,(H,16,17). The van der Waals surface area contributed by atoms with Gasteiger partial charge in [-0.15, -0.1) is 11.8 Å². The van der Waals surface area contributed by atoms with Gasteiger partial charge in [0, 0.05) is 4.90 Å². The third-order valence-corrected chi connectivity index (χ3v) is 3.86. The highest BCUT2D eigenvalue weighted by Gasteiger charge is 2.14. The van der Waals surface area contributed by atoms with Gasteiger partial charge in [-0.05, 0) is 25.1 Å². The first kappa shape index (κ1) is 14.5. The molecular formula is C14H16N2O3S. The molecule has 0 saturated carbocycles. The number of carbonyl (C=O) groups excluding carboxylic acids is 1. The first-order valence-corrected chi connectivity index (χ1v) is 7.00. The molecule has 0 aliphatic heterocycles. The molecule has 1 aromatic heterocycles. The number of hydrogen-bond donors (Lipinski definition) is 2. The number of nitrogens with one attached hydrogen (secondary N) is 1. The lowest BCUT2D eigenvalue weighted by atomic mass is 10.2. The van der Waals surface area contributed by atoms with Gasteiger partial charge < -0.3 is 9.15 Å². The number of hydrazine groups is 1. The third kappa shape index (κ3) is 3.15. The number of hydrogen-bond acceptors (Lipinski definition) is 5. The molecule has 106 valence electrons. The number of aryl methyl sites for hydroxylation is 1. The number of furan rings is 1. The van der Waals surface area contributed by atoms with Crippen molar-refractivity contribution in [3.8, 4) is 5.75 Å². The first-order chi connectivity index (χ1) is 9.65. The van der Waals surface area contributed by atoms with Crippen molar-refractivity contribution in [3.05, 3.63) is 47.4 Å². The molecule has 0 saturated heterocycles. The molecular weight excluding hydrogens is 276 g/mol. The quantitative estimate of drug-likeness (QED) is 0.383. The van der Waals surface area contributed by atoms with E-state index in [0.717, 1.165) is 16.4 Å². The van der Waals surface area contributed by atoms with Crippen LogP contribution in [0.15, 0.2) is 39.6 Å². The zero-order valence-electron chi connectivity index (χ0n) is 11.3. The molecule has 0 unspecified atom stereocenters. The monoisotopic (exact) mass is 292 g/mol. The highest BCUT2D eigenvalue weighted by Crippen LogP contribution is 2.32. The molecule has 1 aromatic carbocycles. The van der Waals surface area contributed by atoms with Crippen LogP contribution in [0.1, 0.15) is 21.9 Å². The number of rotatable bonds is 5. The molecule has 2 aromatic rings. The molecule has 0 atom stereocenters. The minimum atomic E-state index is -0.347. The zero-order valence-corrected chi connectivity index (χ0v) is 12.1. The van der Waals surface area contributed by atoms with E-state index in [-0.39, 0.29) is 5.91 Å². The largest absolute Gasteiger partial charge is 0.496 e. The summed E-state index contributed by atoms with van der Waals surface area (Å²) in [6.07, 6.45) is 0. The summed E-state index contributed by atoms with van der Waals surface area (Å²) in [5, 5.41) is 0. The predicted octanol–water partition coefficient (Wildman–Crippen LogP) is 2.49. The Hall–Kier alpha value is -1.92. The molecule has 1 amide bonds. The number of benzene rings is 1. The summed E-state index contributed by atoms with van der Waals surface area (Å²) < 4.78 is 10.8. The van der Waals surface area contributed by atoms with Crippen molar-refractivity contribution < 1.29 is 13.9 Å². The molecule has 0 aliphatic rings. The van der Waals surface area contributed by atoms with Crippen LogP contribution in [0, 0.1) is 6.92 Å². The molecule has 5 nitrogen and oxygen atoms in total. The third-order valence-electron chi connectivity index (χ3n) is 2.78. The van der Waals surface area contributed by atoms with E-state index in [1.807, 2.05) is 24.3 Å². The van der Waals surface area contributed by atoms with Crippen molar-refractivity contribution in [1.29, 1.82) is 0 Å². The molecule has 1 heterocycles. The summed E-state index contributed by atoms with van der Waals surface area (Å²) in [7, 11) is 1.64. The van der Waals surface area contributed by atoms with Gasteiger partial charge in [-0.2, -0.15) is 0 Å². The van der Waals surface area contributed by atoms with E-state index in [1.54, 1.807) is 31.9 Å². The number of methoxy groups -OCH3 is 1. The Morgan fingerprint density at radius 2 is 2.20 bits per heavy atom. The van der Waals surface area contributed by atoms with Gasteiger partial charge in [-0.25, -0.2) is 5.84 Å². The van der Waals surface area contributed by atoms with Gasteiger partial charge in [-0.3, -0.25) is 10.2 Å². The van der Waals surface area contributed by atoms with Crippen LogP contribution in [0.2, 0.25) is 0 Å². The van der Waals surface area contributed by atoms with E-state index >= 15 is 0 Å². The predicted molar refractivity (Wildman–Crippen MR) is 77.7 cm³/mol. The van der Waals surface area contributed by atoms with Gasteiger partial charge in [0.25, 0.3) is 5.91 Å². The molecule has 0 aliphatic carbocycles. The van der Waals surface area contributed by atoms with Crippen molar-refractivity contribution in [2.45, 2.75) is 17.6 Å². The van der Waals surface area contributed by atoms with Crippen molar-refractivity contribution >= 4 is 17.7 Å². The molecule has 6 heteroatoms. The normalized spacial score (nSPS) is 10.3. The van der Waals surface area contributed by atoms with E-state index in [1.165, 1.54) is 0 Å². The lowest BCUT2D eigenvalue weighted by Gasteiger charge is -2.06. The average Bonchev–Trinajstić information content (AvgIpc) is 2.85. The van der Waals surface area contributed by atoms with E-state index in [9.17, 15) is 4.79 Å². The Morgan fingerprint density at radius 3 is 2.90 bits per heavy atom. The minimum Gasteiger partial charge on any atom is -0.496 e. The SMILES string of the molecule is COc1ccccc1SCc1cc(C(=O)NN)c(C)o1. The lowest BCUT2D eigenvalue weighted by Crippen LogP contribution is -2.30. The second kappa shape index (κ2) is 6.49. The molecule has 0 bridgehead atoms. The Kier molecular flexibility index (Phi) is 4.70. The van der Waals surface area contributed by atoms with Crippen LogP contribution in [0.4, 0.5) is 0 Å². The maximum atomic E-state index is 11.5. The molecule has 3 N–H and O–H groups in total. The smallest absolute Gasteiger partial charge is 0.268 e. The van der Waals surface area contributed by atoms with Gasteiger partial charge in [0.05, 0.1) is 18.4 Å². The molecule has 2 rings (SSSR count). The summed E-state index contributed by atoms with van der Waals surface area (Å²) in [5.41, 5.74) is 2.56. The van der Waals surface area contributed by atoms with Crippen LogP contribution in [-0.4, -0.2) is 13.0 Å². The van der Waals surface area contributed by atoms with E-state index in [0.29, 0.717) is 17.1 Å². The van der Waals surface area contributed by atoms with Crippen LogP contribution in [-0.2, 0) is 5.75 Å². The fraction of sp³-hybridized carbons (Fsp3) is 0.214. The van der Waals surface area contributed by atoms with Crippen LogP contribution in [0.25, 0.3) is 0 Å². The summed E-state index contributed by atoms with van der Waals surface area (Å²) in [4.78, 5) is 12.5. The summed E-state index contributed by atoms with van der Waals surface area (Å²) in [6.45, 7) is 1.74. The van der Waals surface area contributed by atoms with Crippen LogP contribution in [0.3, 0.4) is 0 Å². The Balaban J connectivity index is 2.10. The summed E-state index contributed by atoms with van der Waals surface area (Å²) in [5.74, 6) is 7.48. The van der Waals surface area contributed by atoms with Gasteiger partial charge in [-0.1, -0.05) is 12.1 Å². The van der Waals surface area contributed by atoms with Crippen molar-refractivity contribution in [3.63, 3.8) is 0 Å². The molecule has 0 fully saturated rings. The van der Waals surface area contributed by atoms with Crippen LogP contribution < -0.4 is 16.0 Å². The number of para-hydroxylation sites is 1. The summed E-state index contributed by atoms with van der Waals surface area (Å²) in [6, 6.07) is 9.46. The van der Waals surface area contributed by atoms with Crippen LogP contribution >= 0.6 is 11.8 Å². The summed E-state index contributed by atoms with van der Waals surface area (Å²) >= 11 is 1.58. The second-order valence-corrected chi connectivity index (χ2v) is 5.11. The number of ether oxygens (including phenoxy) is 1. The van der Waals surface area contributed by atoms with Crippen molar-refractivity contribution in [2.24, 2.45) is 5.84 Å². The number of carbonyl (C=O) groups is 1. The highest BCUT2D eigenvalue weighted by atomic mass is 32.2. The molecule has 0 radical (unpaired) electrons. The van der Waals surface area contributed by atoms with Crippen molar-refractivity contribution in [2.75, 3.05) is 7.11 Å². The van der Waals surface area contributed by atoms with Gasteiger partial charge in [0.2, 0.25) is 0 Å². The Bertz CT molecular complexity index is 610. The Morgan fingerprint density at radius 1 is 1.45 bits per heavy atom. The maximum Gasteiger partial charge on any atom is 0.268 e.